The van der Waals surface area contributed by atoms with E-state index in [0.29, 0.717) is 22.3 Å². The van der Waals surface area contributed by atoms with Gasteiger partial charge in [0.25, 0.3) is 0 Å². The smallest absolute Gasteiger partial charge is 0.126 e. The number of rotatable bonds is 3. The Hall–Kier alpha value is -3.14. The van der Waals surface area contributed by atoms with Crippen molar-refractivity contribution in [1.82, 2.24) is 0 Å². The third kappa shape index (κ3) is 2.94. The molecular weight excluding hydrogens is 328 g/mol. The van der Waals surface area contributed by atoms with Crippen LogP contribution in [0.5, 0.6) is 23.0 Å². The monoisotopic (exact) mass is 350 g/mol. The fourth-order valence-electron chi connectivity index (χ4n) is 3.17. The SMILES string of the molecule is Cc1ccc(C(c2ccc(O)c(C)c2O)c2ccc(O)c(C)c2O)cc1. The number of phenolic OH excluding ortho intramolecular Hbond substituents is 4. The quantitative estimate of drug-likeness (QED) is 0.520. The Morgan fingerprint density at radius 2 is 1.00 bits per heavy atom. The molecule has 0 unspecified atom stereocenters. The minimum atomic E-state index is -0.450. The summed E-state index contributed by atoms with van der Waals surface area (Å²) in [4.78, 5) is 0. The van der Waals surface area contributed by atoms with Gasteiger partial charge in [-0.05, 0) is 38.5 Å². The fraction of sp³-hybridized carbons (Fsp3) is 0.182. The third-order valence-electron chi connectivity index (χ3n) is 4.90. The van der Waals surface area contributed by atoms with E-state index in [1.807, 2.05) is 31.2 Å². The standard InChI is InChI=1S/C22H22O4/c1-12-4-6-15(7-5-12)20(16-8-10-18(23)13(2)21(16)25)17-9-11-19(24)14(3)22(17)26/h4-11,20,23-26H,1-3H3. The summed E-state index contributed by atoms with van der Waals surface area (Å²) in [6, 6.07) is 14.2. The van der Waals surface area contributed by atoms with Crippen LogP contribution in [0.3, 0.4) is 0 Å². The summed E-state index contributed by atoms with van der Waals surface area (Å²) in [5.74, 6) is -0.448. The molecule has 0 saturated heterocycles. The lowest BCUT2D eigenvalue weighted by atomic mass is 9.82. The van der Waals surface area contributed by atoms with Crippen LogP contribution in [0.1, 0.15) is 39.3 Å². The molecule has 3 aromatic rings. The van der Waals surface area contributed by atoms with Gasteiger partial charge in [0.2, 0.25) is 0 Å². The first-order chi connectivity index (χ1) is 12.3. The van der Waals surface area contributed by atoms with Gasteiger partial charge in [0.05, 0.1) is 0 Å². The van der Waals surface area contributed by atoms with Crippen molar-refractivity contribution in [2.24, 2.45) is 0 Å². The van der Waals surface area contributed by atoms with Gasteiger partial charge in [0.1, 0.15) is 23.0 Å². The second-order valence-electron chi connectivity index (χ2n) is 6.64. The van der Waals surface area contributed by atoms with E-state index in [1.54, 1.807) is 26.0 Å². The highest BCUT2D eigenvalue weighted by atomic mass is 16.3. The Labute approximate surface area is 152 Å². The zero-order chi connectivity index (χ0) is 19.0. The minimum Gasteiger partial charge on any atom is -0.508 e. The number of hydrogen-bond donors (Lipinski definition) is 4. The van der Waals surface area contributed by atoms with E-state index >= 15 is 0 Å². The topological polar surface area (TPSA) is 80.9 Å². The molecule has 4 heteroatoms. The molecule has 26 heavy (non-hydrogen) atoms. The maximum absolute atomic E-state index is 10.6. The van der Waals surface area contributed by atoms with Gasteiger partial charge in [0.15, 0.2) is 0 Å². The molecule has 0 aliphatic heterocycles. The zero-order valence-corrected chi connectivity index (χ0v) is 15.0. The maximum atomic E-state index is 10.6. The van der Waals surface area contributed by atoms with Crippen LogP contribution in [-0.4, -0.2) is 20.4 Å². The van der Waals surface area contributed by atoms with Gasteiger partial charge >= 0.3 is 0 Å². The Kier molecular flexibility index (Phi) is 4.51. The summed E-state index contributed by atoms with van der Waals surface area (Å²) in [5, 5.41) is 41.1. The summed E-state index contributed by atoms with van der Waals surface area (Å²) < 4.78 is 0. The second-order valence-corrected chi connectivity index (χ2v) is 6.64. The molecule has 0 aromatic heterocycles. The Morgan fingerprint density at radius 1 is 0.577 bits per heavy atom. The highest BCUT2D eigenvalue weighted by Crippen LogP contribution is 2.45. The average molecular weight is 350 g/mol. The first kappa shape index (κ1) is 17.7. The molecule has 0 aliphatic rings. The van der Waals surface area contributed by atoms with Gasteiger partial charge in [-0.25, -0.2) is 0 Å². The van der Waals surface area contributed by atoms with E-state index in [-0.39, 0.29) is 23.0 Å². The highest BCUT2D eigenvalue weighted by molar-refractivity contribution is 5.59. The lowest BCUT2D eigenvalue weighted by molar-refractivity contribution is 0.432. The van der Waals surface area contributed by atoms with Gasteiger partial charge in [-0.3, -0.25) is 0 Å². The van der Waals surface area contributed by atoms with Crippen molar-refractivity contribution in [3.05, 3.63) is 81.9 Å². The molecule has 0 bridgehead atoms. The van der Waals surface area contributed by atoms with Gasteiger partial charge in [-0.2, -0.15) is 0 Å². The molecule has 0 saturated carbocycles. The maximum Gasteiger partial charge on any atom is 0.126 e. The predicted molar refractivity (Wildman–Crippen MR) is 101 cm³/mol. The van der Waals surface area contributed by atoms with Gasteiger partial charge in [-0.15, -0.1) is 0 Å². The van der Waals surface area contributed by atoms with Crippen molar-refractivity contribution in [1.29, 1.82) is 0 Å². The molecule has 0 aliphatic carbocycles. The minimum absolute atomic E-state index is 0.0132. The van der Waals surface area contributed by atoms with E-state index in [2.05, 4.69) is 0 Å². The highest BCUT2D eigenvalue weighted by Gasteiger charge is 2.25. The summed E-state index contributed by atoms with van der Waals surface area (Å²) in [6.07, 6.45) is 0. The van der Waals surface area contributed by atoms with Crippen molar-refractivity contribution in [3.8, 4) is 23.0 Å². The number of hydrogen-bond acceptors (Lipinski definition) is 4. The molecule has 0 spiro atoms. The van der Waals surface area contributed by atoms with Crippen molar-refractivity contribution < 1.29 is 20.4 Å². The molecule has 0 fully saturated rings. The zero-order valence-electron chi connectivity index (χ0n) is 15.0. The third-order valence-corrected chi connectivity index (χ3v) is 4.90. The van der Waals surface area contributed by atoms with E-state index in [4.69, 9.17) is 0 Å². The Bertz CT molecular complexity index is 901. The second kappa shape index (κ2) is 6.64. The number of aromatic hydroxyl groups is 4. The molecule has 134 valence electrons. The number of aryl methyl sites for hydroxylation is 1. The molecule has 3 aromatic carbocycles. The number of phenols is 4. The van der Waals surface area contributed by atoms with E-state index in [1.165, 1.54) is 12.1 Å². The molecule has 4 nitrogen and oxygen atoms in total. The van der Waals surface area contributed by atoms with Crippen LogP contribution >= 0.6 is 0 Å². The molecule has 0 heterocycles. The molecule has 0 amide bonds. The van der Waals surface area contributed by atoms with Crippen molar-refractivity contribution in [2.45, 2.75) is 26.7 Å². The van der Waals surface area contributed by atoms with Crippen LogP contribution < -0.4 is 0 Å². The fourth-order valence-corrected chi connectivity index (χ4v) is 3.17. The molecule has 3 rings (SSSR count). The van der Waals surface area contributed by atoms with Crippen LogP contribution in [0, 0.1) is 20.8 Å². The molecular formula is C22H22O4. The van der Waals surface area contributed by atoms with Crippen molar-refractivity contribution in [2.75, 3.05) is 0 Å². The molecule has 0 radical (unpaired) electrons. The lowest BCUT2D eigenvalue weighted by Gasteiger charge is -2.23. The average Bonchev–Trinajstić information content (AvgIpc) is 2.63. The van der Waals surface area contributed by atoms with Crippen LogP contribution in [0.4, 0.5) is 0 Å². The largest absolute Gasteiger partial charge is 0.508 e. The molecule has 4 N–H and O–H groups in total. The predicted octanol–water partition coefficient (Wildman–Crippen LogP) is 4.61. The van der Waals surface area contributed by atoms with E-state index < -0.39 is 5.92 Å². The van der Waals surface area contributed by atoms with Gasteiger partial charge in [-0.1, -0.05) is 42.0 Å². The first-order valence-electron chi connectivity index (χ1n) is 8.40. The van der Waals surface area contributed by atoms with Crippen LogP contribution in [0.15, 0.2) is 48.5 Å². The van der Waals surface area contributed by atoms with Crippen molar-refractivity contribution >= 4 is 0 Å². The van der Waals surface area contributed by atoms with Crippen LogP contribution in [-0.2, 0) is 0 Å². The summed E-state index contributed by atoms with van der Waals surface area (Å²) in [5.41, 5.74) is 3.90. The van der Waals surface area contributed by atoms with E-state index in [0.717, 1.165) is 11.1 Å². The Balaban J connectivity index is 2.30. The van der Waals surface area contributed by atoms with Crippen LogP contribution in [0.2, 0.25) is 0 Å². The Morgan fingerprint density at radius 3 is 1.42 bits per heavy atom. The normalized spacial score (nSPS) is 11.1. The molecule has 0 atom stereocenters. The van der Waals surface area contributed by atoms with Gasteiger partial charge in [0, 0.05) is 28.2 Å². The van der Waals surface area contributed by atoms with Crippen molar-refractivity contribution in [3.63, 3.8) is 0 Å². The van der Waals surface area contributed by atoms with Gasteiger partial charge < -0.3 is 20.4 Å². The lowest BCUT2D eigenvalue weighted by Crippen LogP contribution is -2.05. The number of benzene rings is 3. The first-order valence-corrected chi connectivity index (χ1v) is 8.40. The summed E-state index contributed by atoms with van der Waals surface area (Å²) in [7, 11) is 0. The van der Waals surface area contributed by atoms with E-state index in [9.17, 15) is 20.4 Å². The van der Waals surface area contributed by atoms with Crippen LogP contribution in [0.25, 0.3) is 0 Å². The summed E-state index contributed by atoms with van der Waals surface area (Å²) >= 11 is 0. The summed E-state index contributed by atoms with van der Waals surface area (Å²) in [6.45, 7) is 5.27.